The molecular formula is C39H30N2S. The highest BCUT2D eigenvalue weighted by Crippen LogP contribution is 2.49. The highest BCUT2D eigenvalue weighted by molar-refractivity contribution is 7.26. The first kappa shape index (κ1) is 24.0. The number of nitrogens with zero attached hydrogens (tertiary/aromatic N) is 2. The van der Waals surface area contributed by atoms with Gasteiger partial charge in [0.05, 0.1) is 26.9 Å². The van der Waals surface area contributed by atoms with Gasteiger partial charge in [-0.3, -0.25) is 0 Å². The molecule has 8 aromatic rings. The van der Waals surface area contributed by atoms with E-state index in [0.29, 0.717) is 0 Å². The first-order valence-electron chi connectivity index (χ1n) is 14.7. The summed E-state index contributed by atoms with van der Waals surface area (Å²) in [4.78, 5) is 0. The van der Waals surface area contributed by atoms with E-state index in [4.69, 9.17) is 0 Å². The molecule has 3 aromatic heterocycles. The van der Waals surface area contributed by atoms with Crippen LogP contribution in [0.1, 0.15) is 33.4 Å². The lowest BCUT2D eigenvalue weighted by Gasteiger charge is -2.13. The Kier molecular flexibility index (Phi) is 4.85. The van der Waals surface area contributed by atoms with Crippen molar-refractivity contribution in [3.63, 3.8) is 0 Å². The van der Waals surface area contributed by atoms with Crippen molar-refractivity contribution in [1.82, 2.24) is 9.13 Å². The number of hydrogen-bond donors (Lipinski definition) is 0. The zero-order chi connectivity index (χ0) is 28.3. The Labute approximate surface area is 249 Å². The molecule has 1 aliphatic rings. The topological polar surface area (TPSA) is 9.86 Å². The number of aryl methyl sites for hydroxylation is 4. The third kappa shape index (κ3) is 3.26. The number of fused-ring (bicyclic) bond motifs is 10. The molecule has 0 atom stereocenters. The minimum atomic E-state index is 0.959. The second kappa shape index (κ2) is 8.47. The van der Waals surface area contributed by atoms with Crippen molar-refractivity contribution in [1.29, 1.82) is 0 Å². The first-order chi connectivity index (χ1) is 20.4. The van der Waals surface area contributed by atoms with Crippen LogP contribution < -0.4 is 0 Å². The first-order valence-corrected chi connectivity index (χ1v) is 15.5. The van der Waals surface area contributed by atoms with Gasteiger partial charge in [0.2, 0.25) is 0 Å². The molecule has 0 radical (unpaired) electrons. The van der Waals surface area contributed by atoms with Gasteiger partial charge in [-0.25, -0.2) is 0 Å². The van der Waals surface area contributed by atoms with Gasteiger partial charge in [-0.1, -0.05) is 59.7 Å². The molecule has 0 unspecified atom stereocenters. The fraction of sp³-hybridized carbons (Fsp3) is 0.128. The Morgan fingerprint density at radius 3 is 1.79 bits per heavy atom. The molecule has 9 rings (SSSR count). The van der Waals surface area contributed by atoms with E-state index in [2.05, 4.69) is 134 Å². The average molecular weight is 559 g/mol. The summed E-state index contributed by atoms with van der Waals surface area (Å²) in [6, 6.07) is 36.8. The predicted molar refractivity (Wildman–Crippen MR) is 180 cm³/mol. The Balaban J connectivity index is 1.36. The lowest BCUT2D eigenvalue weighted by Crippen LogP contribution is -1.97. The van der Waals surface area contributed by atoms with Gasteiger partial charge in [0.1, 0.15) is 0 Å². The largest absolute Gasteiger partial charge is 0.309 e. The van der Waals surface area contributed by atoms with E-state index in [0.717, 1.165) is 6.42 Å². The van der Waals surface area contributed by atoms with E-state index in [-0.39, 0.29) is 0 Å². The van der Waals surface area contributed by atoms with Crippen LogP contribution in [-0.2, 0) is 6.42 Å². The average Bonchev–Trinajstić information content (AvgIpc) is 3.69. The lowest BCUT2D eigenvalue weighted by atomic mass is 10.0. The van der Waals surface area contributed by atoms with Gasteiger partial charge >= 0.3 is 0 Å². The summed E-state index contributed by atoms with van der Waals surface area (Å²) in [5.41, 5.74) is 17.1. The van der Waals surface area contributed by atoms with E-state index in [9.17, 15) is 0 Å². The van der Waals surface area contributed by atoms with Crippen LogP contribution in [0.25, 0.3) is 64.7 Å². The Morgan fingerprint density at radius 2 is 1.12 bits per heavy atom. The molecule has 3 heterocycles. The molecule has 0 spiro atoms. The summed E-state index contributed by atoms with van der Waals surface area (Å²) >= 11 is 1.94. The quantitative estimate of drug-likeness (QED) is 0.200. The molecule has 0 N–H and O–H groups in total. The minimum Gasteiger partial charge on any atom is -0.309 e. The van der Waals surface area contributed by atoms with Crippen molar-refractivity contribution < 1.29 is 0 Å². The van der Waals surface area contributed by atoms with Gasteiger partial charge in [0, 0.05) is 44.2 Å². The van der Waals surface area contributed by atoms with Gasteiger partial charge in [-0.2, -0.15) is 0 Å². The van der Waals surface area contributed by atoms with Crippen LogP contribution in [0.2, 0.25) is 0 Å². The van der Waals surface area contributed by atoms with Crippen molar-refractivity contribution in [2.75, 3.05) is 0 Å². The molecule has 0 saturated heterocycles. The van der Waals surface area contributed by atoms with Gasteiger partial charge in [-0.15, -0.1) is 11.3 Å². The third-order valence-corrected chi connectivity index (χ3v) is 10.4. The van der Waals surface area contributed by atoms with Crippen LogP contribution in [0.15, 0.2) is 97.1 Å². The van der Waals surface area contributed by atoms with Gasteiger partial charge in [0.25, 0.3) is 0 Å². The fourth-order valence-electron chi connectivity index (χ4n) is 7.13. The Bertz CT molecular complexity index is 2390. The molecule has 0 saturated carbocycles. The normalized spacial score (nSPS) is 12.7. The van der Waals surface area contributed by atoms with Crippen LogP contribution in [0.4, 0.5) is 0 Å². The molecule has 0 amide bonds. The van der Waals surface area contributed by atoms with Crippen molar-refractivity contribution in [3.05, 3.63) is 130 Å². The molecule has 0 bridgehead atoms. The SMILES string of the molecule is Cc1ccc(-n2c3c(c4ccc(C)cc42)Cc2cc4c(cc2-3)sc2c3ccc(C)cc3n(-c3ccc(C)cc3)c42)cc1. The molecule has 2 nitrogen and oxygen atoms in total. The molecule has 3 heteroatoms. The maximum absolute atomic E-state index is 2.51. The number of hydrogen-bond acceptors (Lipinski definition) is 1. The summed E-state index contributed by atoms with van der Waals surface area (Å²) in [6.07, 6.45) is 0.959. The molecule has 202 valence electrons. The molecule has 0 aliphatic heterocycles. The summed E-state index contributed by atoms with van der Waals surface area (Å²) in [7, 11) is 0. The molecule has 1 aliphatic carbocycles. The summed E-state index contributed by atoms with van der Waals surface area (Å²) in [5, 5.41) is 4.06. The molecule has 5 aromatic carbocycles. The molecular weight excluding hydrogens is 529 g/mol. The highest BCUT2D eigenvalue weighted by atomic mass is 32.1. The lowest BCUT2D eigenvalue weighted by molar-refractivity contribution is 1.13. The summed E-state index contributed by atoms with van der Waals surface area (Å²) < 4.78 is 7.73. The molecule has 0 fully saturated rings. The van der Waals surface area contributed by atoms with Crippen molar-refractivity contribution in [2.24, 2.45) is 0 Å². The van der Waals surface area contributed by atoms with Crippen molar-refractivity contribution in [2.45, 2.75) is 34.1 Å². The number of benzene rings is 5. The monoisotopic (exact) mass is 558 g/mol. The predicted octanol–water partition coefficient (Wildman–Crippen LogP) is 10.7. The van der Waals surface area contributed by atoms with Crippen LogP contribution in [0.5, 0.6) is 0 Å². The fourth-order valence-corrected chi connectivity index (χ4v) is 8.37. The number of aromatic nitrogens is 2. The van der Waals surface area contributed by atoms with Crippen molar-refractivity contribution in [3.8, 4) is 22.6 Å². The number of rotatable bonds is 2. The van der Waals surface area contributed by atoms with E-state index in [1.54, 1.807) is 0 Å². The zero-order valence-electron chi connectivity index (χ0n) is 24.2. The smallest absolute Gasteiger partial charge is 0.0727 e. The third-order valence-electron chi connectivity index (χ3n) is 9.19. The maximum Gasteiger partial charge on any atom is 0.0727 e. The minimum absolute atomic E-state index is 0.959. The van der Waals surface area contributed by atoms with E-state index >= 15 is 0 Å². The zero-order valence-corrected chi connectivity index (χ0v) is 25.1. The van der Waals surface area contributed by atoms with Gasteiger partial charge < -0.3 is 9.13 Å². The standard InChI is InChI=1S/C39H30N2S/c1-22-5-11-27(12-6-22)40-34-17-24(3)9-15-29(34)32-19-26-20-33-36(21-31(26)37(32)40)42-39-30-16-10-25(4)18-35(30)41(38(33)39)28-13-7-23(2)8-14-28/h5-18,20-21H,19H2,1-4H3. The van der Waals surface area contributed by atoms with E-state index < -0.39 is 0 Å². The highest BCUT2D eigenvalue weighted by Gasteiger charge is 2.29. The van der Waals surface area contributed by atoms with Crippen LogP contribution in [0.3, 0.4) is 0 Å². The second-order valence-electron chi connectivity index (χ2n) is 12.2. The Hall–Kier alpha value is -4.60. The van der Waals surface area contributed by atoms with Gasteiger partial charge in [0.15, 0.2) is 0 Å². The Morgan fingerprint density at radius 1 is 0.548 bits per heavy atom. The van der Waals surface area contributed by atoms with Crippen molar-refractivity contribution >= 4 is 53.4 Å². The van der Waals surface area contributed by atoms with Crippen LogP contribution in [0, 0.1) is 27.7 Å². The van der Waals surface area contributed by atoms with Crippen LogP contribution >= 0.6 is 11.3 Å². The maximum atomic E-state index is 2.51. The second-order valence-corrected chi connectivity index (χ2v) is 13.2. The summed E-state index contributed by atoms with van der Waals surface area (Å²) in [5.74, 6) is 0. The molecule has 42 heavy (non-hydrogen) atoms. The number of thiophene rings is 1. The van der Waals surface area contributed by atoms with Gasteiger partial charge in [-0.05, 0) is 98.5 Å². The van der Waals surface area contributed by atoms with E-state index in [1.807, 2.05) is 11.3 Å². The van der Waals surface area contributed by atoms with Crippen LogP contribution in [-0.4, -0.2) is 9.13 Å². The summed E-state index contributed by atoms with van der Waals surface area (Å²) in [6.45, 7) is 8.71. The van der Waals surface area contributed by atoms with E-state index in [1.165, 1.54) is 98.1 Å².